The predicted molar refractivity (Wildman–Crippen MR) is 147 cm³/mol. The Hall–Kier alpha value is -2.62. The number of ether oxygens (including phenoxy) is 2. The van der Waals surface area contributed by atoms with E-state index in [4.69, 9.17) is 9.47 Å². The molecule has 0 fully saturated rings. The van der Waals surface area contributed by atoms with Crippen LogP contribution < -0.4 is 4.74 Å². The van der Waals surface area contributed by atoms with Crippen LogP contribution in [0.25, 0.3) is 22.3 Å². The van der Waals surface area contributed by atoms with Crippen molar-refractivity contribution in [1.82, 2.24) is 0 Å². The zero-order valence-electron chi connectivity index (χ0n) is 22.5. The smallest absolute Gasteiger partial charge is 0.135 e. The van der Waals surface area contributed by atoms with Gasteiger partial charge in [0.1, 0.15) is 12.4 Å². The van der Waals surface area contributed by atoms with Gasteiger partial charge in [-0.15, -0.1) is 0 Å². The van der Waals surface area contributed by atoms with Gasteiger partial charge in [0.15, 0.2) is 0 Å². The predicted octanol–water partition coefficient (Wildman–Crippen LogP) is 7.80. The van der Waals surface area contributed by atoms with Gasteiger partial charge in [0.25, 0.3) is 0 Å². The molecular weight excluding hydrogens is 432 g/mol. The van der Waals surface area contributed by atoms with Crippen LogP contribution in [-0.4, -0.2) is 30.5 Å². The average molecular weight is 475 g/mol. The minimum atomic E-state index is -0.368. The van der Waals surface area contributed by atoms with Crippen LogP contribution in [0.15, 0.2) is 72.8 Å². The lowest BCUT2D eigenvalue weighted by Crippen LogP contribution is -2.28. The third-order valence-corrected chi connectivity index (χ3v) is 7.07. The lowest BCUT2D eigenvalue weighted by molar-refractivity contribution is -0.0163. The second kappa shape index (κ2) is 11.4. The highest BCUT2D eigenvalue weighted by Crippen LogP contribution is 2.39. The topological polar surface area (TPSA) is 38.7 Å². The van der Waals surface area contributed by atoms with E-state index in [9.17, 15) is 5.11 Å². The van der Waals surface area contributed by atoms with Gasteiger partial charge in [0.05, 0.1) is 18.8 Å². The van der Waals surface area contributed by atoms with Gasteiger partial charge < -0.3 is 14.6 Å². The number of para-hydroxylation sites is 1. The molecule has 3 rings (SSSR count). The van der Waals surface area contributed by atoms with Crippen molar-refractivity contribution in [2.45, 2.75) is 67.1 Å². The van der Waals surface area contributed by atoms with E-state index in [-0.39, 0.29) is 23.0 Å². The summed E-state index contributed by atoms with van der Waals surface area (Å²) in [7, 11) is 0. The third kappa shape index (κ3) is 7.19. The summed E-state index contributed by atoms with van der Waals surface area (Å²) in [6.07, 6.45) is 0.600. The second-order valence-electron chi connectivity index (χ2n) is 11.3. The molecule has 0 saturated heterocycles. The summed E-state index contributed by atoms with van der Waals surface area (Å²) >= 11 is 0. The first-order chi connectivity index (χ1) is 16.5. The van der Waals surface area contributed by atoms with Gasteiger partial charge in [-0.1, -0.05) is 107 Å². The monoisotopic (exact) mass is 474 g/mol. The molecule has 0 heterocycles. The lowest BCUT2D eigenvalue weighted by atomic mass is 9.81. The Morgan fingerprint density at radius 3 is 1.83 bits per heavy atom. The maximum absolute atomic E-state index is 10.1. The highest BCUT2D eigenvalue weighted by atomic mass is 16.5. The molecule has 1 N–H and O–H groups in total. The third-order valence-electron chi connectivity index (χ3n) is 7.07. The number of benzene rings is 3. The quantitative estimate of drug-likeness (QED) is 0.305. The van der Waals surface area contributed by atoms with E-state index >= 15 is 0 Å². The maximum Gasteiger partial charge on any atom is 0.135 e. The molecule has 2 atom stereocenters. The molecule has 0 radical (unpaired) electrons. The highest BCUT2D eigenvalue weighted by molar-refractivity contribution is 5.82. The van der Waals surface area contributed by atoms with Crippen molar-refractivity contribution in [3.05, 3.63) is 78.4 Å². The van der Waals surface area contributed by atoms with E-state index in [1.54, 1.807) is 0 Å². The molecule has 0 amide bonds. The fraction of sp³-hybridized carbons (Fsp3) is 0.438. The van der Waals surface area contributed by atoms with Crippen molar-refractivity contribution < 1.29 is 14.6 Å². The number of aliphatic hydroxyl groups excluding tert-OH is 1. The Bertz CT molecular complexity index is 1060. The van der Waals surface area contributed by atoms with Gasteiger partial charge >= 0.3 is 0 Å². The lowest BCUT2D eigenvalue weighted by Gasteiger charge is -2.28. The fourth-order valence-electron chi connectivity index (χ4n) is 3.86. The molecule has 0 aliphatic carbocycles. The molecule has 0 saturated carbocycles. The van der Waals surface area contributed by atoms with Crippen molar-refractivity contribution in [2.75, 3.05) is 13.2 Å². The Kier molecular flexibility index (Phi) is 8.79. The fourth-order valence-corrected chi connectivity index (χ4v) is 3.86. The van der Waals surface area contributed by atoms with Crippen molar-refractivity contribution in [2.24, 2.45) is 10.8 Å². The molecule has 0 aromatic heterocycles. The summed E-state index contributed by atoms with van der Waals surface area (Å²) in [5.41, 5.74) is 5.52. The average Bonchev–Trinajstić information content (AvgIpc) is 2.82. The van der Waals surface area contributed by atoms with Gasteiger partial charge in [-0.2, -0.15) is 0 Å². The van der Waals surface area contributed by atoms with Gasteiger partial charge in [-0.3, -0.25) is 0 Å². The van der Waals surface area contributed by atoms with Gasteiger partial charge in [-0.05, 0) is 47.8 Å². The van der Waals surface area contributed by atoms with Crippen LogP contribution in [-0.2, 0) is 11.2 Å². The van der Waals surface area contributed by atoms with Crippen LogP contribution in [0.5, 0.6) is 5.75 Å². The summed E-state index contributed by atoms with van der Waals surface area (Å²) in [6.45, 7) is 15.8. The molecule has 3 aromatic carbocycles. The number of hydrogen-bond acceptors (Lipinski definition) is 3. The summed E-state index contributed by atoms with van der Waals surface area (Å²) in [5.74, 6) is 0.878. The van der Waals surface area contributed by atoms with E-state index in [0.717, 1.165) is 34.4 Å². The molecule has 0 spiro atoms. The molecule has 3 heteroatoms. The Labute approximate surface area is 212 Å². The largest absolute Gasteiger partial charge is 0.490 e. The summed E-state index contributed by atoms with van der Waals surface area (Å²) in [4.78, 5) is 0. The second-order valence-corrected chi connectivity index (χ2v) is 11.3. The van der Waals surface area contributed by atoms with Crippen molar-refractivity contribution in [3.63, 3.8) is 0 Å². The molecule has 3 aromatic rings. The summed E-state index contributed by atoms with van der Waals surface area (Å²) in [5, 5.41) is 10.1. The molecule has 2 unspecified atom stereocenters. The molecule has 35 heavy (non-hydrogen) atoms. The molecule has 3 nitrogen and oxygen atoms in total. The SMILES string of the molecule is CC(OCCOc1c(-c2ccccc2)cccc1-c1ccc(CC(C)(C)C(C)O)cc1)C(C)(C)C. The van der Waals surface area contributed by atoms with Crippen LogP contribution in [0.2, 0.25) is 0 Å². The van der Waals surface area contributed by atoms with Crippen molar-refractivity contribution >= 4 is 0 Å². The Balaban J connectivity index is 1.88. The van der Waals surface area contributed by atoms with E-state index in [1.807, 2.05) is 13.0 Å². The van der Waals surface area contributed by atoms with E-state index < -0.39 is 0 Å². The molecule has 0 aliphatic rings. The number of rotatable bonds is 10. The Morgan fingerprint density at radius 1 is 0.714 bits per heavy atom. The number of aliphatic hydroxyl groups is 1. The van der Waals surface area contributed by atoms with Crippen LogP contribution in [0.1, 0.15) is 54.0 Å². The maximum atomic E-state index is 10.1. The van der Waals surface area contributed by atoms with Crippen LogP contribution >= 0.6 is 0 Å². The molecule has 188 valence electrons. The van der Waals surface area contributed by atoms with Crippen LogP contribution in [0.3, 0.4) is 0 Å². The molecule has 0 bridgehead atoms. The van der Waals surface area contributed by atoms with Crippen molar-refractivity contribution in [1.29, 1.82) is 0 Å². The summed E-state index contributed by atoms with van der Waals surface area (Å²) in [6, 6.07) is 25.3. The normalized spacial score (nSPS) is 13.9. The summed E-state index contributed by atoms with van der Waals surface area (Å²) < 4.78 is 12.5. The van der Waals surface area contributed by atoms with Crippen molar-refractivity contribution in [3.8, 4) is 28.0 Å². The molecule has 0 aliphatic heterocycles. The zero-order chi connectivity index (χ0) is 25.6. The first-order valence-electron chi connectivity index (χ1n) is 12.7. The van der Waals surface area contributed by atoms with Gasteiger partial charge in [0, 0.05) is 11.1 Å². The van der Waals surface area contributed by atoms with E-state index in [1.165, 1.54) is 5.56 Å². The first kappa shape index (κ1) is 27.0. The molecular formula is C32H42O3. The highest BCUT2D eigenvalue weighted by Gasteiger charge is 2.24. The van der Waals surface area contributed by atoms with Gasteiger partial charge in [0.2, 0.25) is 0 Å². The minimum Gasteiger partial charge on any atom is -0.490 e. The zero-order valence-corrected chi connectivity index (χ0v) is 22.5. The van der Waals surface area contributed by atoms with E-state index in [0.29, 0.717) is 13.2 Å². The Morgan fingerprint density at radius 2 is 1.29 bits per heavy atom. The number of hydrogen-bond donors (Lipinski definition) is 1. The van der Waals surface area contributed by atoms with Gasteiger partial charge in [-0.25, -0.2) is 0 Å². The van der Waals surface area contributed by atoms with Crippen LogP contribution in [0.4, 0.5) is 0 Å². The first-order valence-corrected chi connectivity index (χ1v) is 12.7. The standard InChI is InChI=1S/C32H42O3/c1-23(33)32(6,7)22-25-16-18-27(19-17-25)29-15-11-14-28(26-12-9-8-10-13-26)30(29)35-21-20-34-24(2)31(3,4)5/h8-19,23-24,33H,20-22H2,1-7H3. The van der Waals surface area contributed by atoms with E-state index in [2.05, 4.69) is 108 Å². The minimum absolute atomic E-state index is 0.0945. The van der Waals surface area contributed by atoms with Crippen LogP contribution in [0, 0.1) is 10.8 Å².